The molecule has 1 fully saturated rings. The molecule has 2 aromatic rings. The number of amides is 2. The van der Waals surface area contributed by atoms with E-state index in [0.29, 0.717) is 0 Å². The van der Waals surface area contributed by atoms with Crippen LogP contribution in [-0.2, 0) is 4.79 Å². The predicted octanol–water partition coefficient (Wildman–Crippen LogP) is 2.26. The number of benzene rings is 2. The molecule has 0 saturated heterocycles. The molecule has 7 heteroatoms. The van der Waals surface area contributed by atoms with Crippen molar-refractivity contribution in [1.82, 2.24) is 16.2 Å². The number of thiocarbonyl (C=S) groups is 1. The van der Waals surface area contributed by atoms with Gasteiger partial charge in [0.1, 0.15) is 5.82 Å². The minimum absolute atomic E-state index is 0.0560. The Hall–Kier alpha value is -2.80. The van der Waals surface area contributed by atoms with Crippen LogP contribution in [0.1, 0.15) is 28.3 Å². The largest absolute Gasteiger partial charge is 0.298 e. The fourth-order valence-corrected chi connectivity index (χ4v) is 2.74. The van der Waals surface area contributed by atoms with Gasteiger partial charge in [0.05, 0.1) is 0 Å². The highest BCUT2D eigenvalue weighted by atomic mass is 32.1. The van der Waals surface area contributed by atoms with Crippen molar-refractivity contribution < 1.29 is 14.0 Å². The van der Waals surface area contributed by atoms with E-state index in [1.54, 1.807) is 0 Å². The van der Waals surface area contributed by atoms with E-state index in [4.69, 9.17) is 12.2 Å². The van der Waals surface area contributed by atoms with Crippen molar-refractivity contribution in [2.45, 2.75) is 12.3 Å². The first kappa shape index (κ1) is 17.0. The van der Waals surface area contributed by atoms with Crippen molar-refractivity contribution in [3.63, 3.8) is 0 Å². The number of hydrogen-bond acceptors (Lipinski definition) is 3. The minimum atomic E-state index is -0.556. The van der Waals surface area contributed by atoms with Gasteiger partial charge in [0, 0.05) is 11.5 Å². The molecule has 0 unspecified atom stereocenters. The molecule has 0 radical (unpaired) electrons. The zero-order chi connectivity index (χ0) is 17.8. The quantitative estimate of drug-likeness (QED) is 0.582. The maximum atomic E-state index is 13.1. The molecular weight excluding hydrogens is 341 g/mol. The van der Waals surface area contributed by atoms with E-state index in [1.165, 1.54) is 18.2 Å². The summed E-state index contributed by atoms with van der Waals surface area (Å²) >= 11 is 4.96. The van der Waals surface area contributed by atoms with Gasteiger partial charge in [-0.15, -0.1) is 0 Å². The first-order chi connectivity index (χ1) is 12.0. The number of nitrogens with one attached hydrogen (secondary N) is 3. The summed E-state index contributed by atoms with van der Waals surface area (Å²) in [5, 5.41) is 2.33. The van der Waals surface area contributed by atoms with Gasteiger partial charge >= 0.3 is 0 Å². The van der Waals surface area contributed by atoms with Crippen LogP contribution in [0.2, 0.25) is 0 Å². The van der Waals surface area contributed by atoms with Crippen molar-refractivity contribution in [3.8, 4) is 0 Å². The summed E-state index contributed by atoms with van der Waals surface area (Å²) in [6, 6.07) is 15.0. The van der Waals surface area contributed by atoms with Crippen LogP contribution in [0.15, 0.2) is 54.6 Å². The van der Waals surface area contributed by atoms with Crippen LogP contribution in [0.4, 0.5) is 4.39 Å². The Kier molecular flexibility index (Phi) is 5.04. The molecule has 0 spiro atoms. The van der Waals surface area contributed by atoms with Gasteiger partial charge in [-0.1, -0.05) is 36.4 Å². The molecule has 2 aromatic carbocycles. The summed E-state index contributed by atoms with van der Waals surface area (Å²) in [6.45, 7) is 0. The van der Waals surface area contributed by atoms with Gasteiger partial charge in [0.25, 0.3) is 5.91 Å². The molecule has 2 amide bonds. The van der Waals surface area contributed by atoms with Crippen molar-refractivity contribution in [1.29, 1.82) is 0 Å². The molecule has 1 saturated carbocycles. The number of hydrazine groups is 1. The molecule has 2 atom stereocenters. The monoisotopic (exact) mass is 357 g/mol. The van der Waals surface area contributed by atoms with Crippen LogP contribution < -0.4 is 16.2 Å². The highest BCUT2D eigenvalue weighted by Crippen LogP contribution is 2.47. The van der Waals surface area contributed by atoms with Crippen LogP contribution in [0, 0.1) is 11.7 Å². The Bertz CT molecular complexity index is 813. The molecule has 0 heterocycles. The molecular formula is C18H16FN3O2S. The fourth-order valence-electron chi connectivity index (χ4n) is 2.60. The van der Waals surface area contributed by atoms with Crippen molar-refractivity contribution in [2.75, 3.05) is 0 Å². The third kappa shape index (κ3) is 4.39. The van der Waals surface area contributed by atoms with E-state index in [0.717, 1.165) is 18.1 Å². The number of halogens is 1. The topological polar surface area (TPSA) is 70.2 Å². The van der Waals surface area contributed by atoms with Gasteiger partial charge < -0.3 is 0 Å². The number of hydrogen-bond donors (Lipinski definition) is 3. The lowest BCUT2D eigenvalue weighted by Gasteiger charge is -2.11. The lowest BCUT2D eigenvalue weighted by molar-refractivity contribution is -0.123. The van der Waals surface area contributed by atoms with Crippen molar-refractivity contribution >= 4 is 29.1 Å². The second-order valence-electron chi connectivity index (χ2n) is 5.77. The molecule has 0 aliphatic heterocycles. The van der Waals surface area contributed by atoms with Crippen molar-refractivity contribution in [2.24, 2.45) is 5.92 Å². The maximum Gasteiger partial charge on any atom is 0.257 e. The summed E-state index contributed by atoms with van der Waals surface area (Å²) < 4.78 is 13.1. The molecule has 1 aliphatic rings. The van der Waals surface area contributed by atoms with E-state index in [1.807, 2.05) is 30.3 Å². The van der Waals surface area contributed by atoms with Crippen molar-refractivity contribution in [3.05, 3.63) is 71.5 Å². The van der Waals surface area contributed by atoms with Crippen LogP contribution in [0.5, 0.6) is 0 Å². The third-order valence-corrected chi connectivity index (χ3v) is 4.17. The van der Waals surface area contributed by atoms with E-state index in [9.17, 15) is 14.0 Å². The summed E-state index contributed by atoms with van der Waals surface area (Å²) in [5.74, 6) is -1.16. The average molecular weight is 357 g/mol. The fraction of sp³-hybridized carbons (Fsp3) is 0.167. The van der Waals surface area contributed by atoms with E-state index < -0.39 is 11.7 Å². The Labute approximate surface area is 149 Å². The lowest BCUT2D eigenvalue weighted by Crippen LogP contribution is -2.49. The third-order valence-electron chi connectivity index (χ3n) is 3.97. The zero-order valence-corrected chi connectivity index (χ0v) is 14.0. The summed E-state index contributed by atoms with van der Waals surface area (Å²) in [7, 11) is 0. The minimum Gasteiger partial charge on any atom is -0.298 e. The van der Waals surface area contributed by atoms with Gasteiger partial charge in [0.2, 0.25) is 5.91 Å². The first-order valence-corrected chi connectivity index (χ1v) is 8.17. The molecule has 5 nitrogen and oxygen atoms in total. The second kappa shape index (κ2) is 7.40. The smallest absolute Gasteiger partial charge is 0.257 e. The highest BCUT2D eigenvalue weighted by Gasteiger charge is 2.43. The first-order valence-electron chi connectivity index (χ1n) is 7.76. The van der Waals surface area contributed by atoms with Gasteiger partial charge in [0.15, 0.2) is 5.11 Å². The van der Waals surface area contributed by atoms with E-state index in [-0.39, 0.29) is 28.4 Å². The summed E-state index contributed by atoms with van der Waals surface area (Å²) in [5.41, 5.74) is 6.26. The van der Waals surface area contributed by atoms with Crippen LogP contribution in [0.25, 0.3) is 0 Å². The predicted molar refractivity (Wildman–Crippen MR) is 95.0 cm³/mol. The van der Waals surface area contributed by atoms with Crippen LogP contribution in [-0.4, -0.2) is 16.9 Å². The molecule has 25 heavy (non-hydrogen) atoms. The standard InChI is InChI=1S/C18H16FN3O2S/c19-13-8-4-7-12(9-13)16(23)20-18(25)22-21-17(24)15-10-14(15)11-5-2-1-3-6-11/h1-9,14-15H,10H2,(H,21,24)(H2,20,22,23,25)/t14-,15+/m0/s1. The molecule has 128 valence electrons. The molecule has 0 bridgehead atoms. The number of carbonyl (C=O) groups is 2. The highest BCUT2D eigenvalue weighted by molar-refractivity contribution is 7.80. The van der Waals surface area contributed by atoms with E-state index in [2.05, 4.69) is 16.2 Å². The number of carbonyl (C=O) groups excluding carboxylic acids is 2. The van der Waals surface area contributed by atoms with Gasteiger partial charge in [-0.2, -0.15) is 0 Å². The Morgan fingerprint density at radius 2 is 1.80 bits per heavy atom. The molecule has 0 aromatic heterocycles. The van der Waals surface area contributed by atoms with Gasteiger partial charge in [-0.3, -0.25) is 25.8 Å². The number of rotatable bonds is 3. The Morgan fingerprint density at radius 1 is 1.04 bits per heavy atom. The average Bonchev–Trinajstić information content (AvgIpc) is 3.41. The van der Waals surface area contributed by atoms with Crippen LogP contribution >= 0.6 is 12.2 Å². The summed E-state index contributed by atoms with van der Waals surface area (Å²) in [4.78, 5) is 24.0. The zero-order valence-electron chi connectivity index (χ0n) is 13.2. The maximum absolute atomic E-state index is 13.1. The van der Waals surface area contributed by atoms with Gasteiger partial charge in [-0.25, -0.2) is 4.39 Å². The molecule has 3 N–H and O–H groups in total. The summed E-state index contributed by atoms with van der Waals surface area (Å²) in [6.07, 6.45) is 0.778. The normalized spacial score (nSPS) is 18.1. The van der Waals surface area contributed by atoms with Gasteiger partial charge in [-0.05, 0) is 48.3 Å². The second-order valence-corrected chi connectivity index (χ2v) is 6.18. The lowest BCUT2D eigenvalue weighted by atomic mass is 10.1. The Morgan fingerprint density at radius 3 is 2.52 bits per heavy atom. The molecule has 3 rings (SSSR count). The van der Waals surface area contributed by atoms with E-state index >= 15 is 0 Å². The molecule has 1 aliphatic carbocycles. The van der Waals surface area contributed by atoms with Crippen LogP contribution in [0.3, 0.4) is 0 Å². The SMILES string of the molecule is O=C(NC(=S)NNC(=O)[C@@H]1C[C@H]1c1ccccc1)c1cccc(F)c1. The Balaban J connectivity index is 1.45.